The molecular formula is C22H24N4O5S2. The van der Waals surface area contributed by atoms with Crippen LogP contribution in [0.5, 0.6) is 0 Å². The summed E-state index contributed by atoms with van der Waals surface area (Å²) in [7, 11) is -3.73. The van der Waals surface area contributed by atoms with Crippen LogP contribution in [0.4, 0.5) is 10.5 Å². The Morgan fingerprint density at radius 1 is 1.09 bits per heavy atom. The normalized spacial score (nSPS) is 14.9. The highest BCUT2D eigenvalue weighted by Gasteiger charge is 2.30. The van der Waals surface area contributed by atoms with Crippen LogP contribution in [0, 0.1) is 6.92 Å². The summed E-state index contributed by atoms with van der Waals surface area (Å²) in [5.41, 5.74) is 1.88. The monoisotopic (exact) mass is 488 g/mol. The molecule has 1 fully saturated rings. The van der Waals surface area contributed by atoms with E-state index in [0.717, 1.165) is 15.2 Å². The van der Waals surface area contributed by atoms with Gasteiger partial charge in [0, 0.05) is 37.4 Å². The number of hydrogen-bond acceptors (Lipinski definition) is 7. The highest BCUT2D eigenvalue weighted by Crippen LogP contribution is 2.25. The van der Waals surface area contributed by atoms with E-state index in [9.17, 15) is 18.0 Å². The van der Waals surface area contributed by atoms with Gasteiger partial charge >= 0.3 is 6.09 Å². The van der Waals surface area contributed by atoms with Crippen molar-refractivity contribution in [2.45, 2.75) is 18.7 Å². The average molecular weight is 489 g/mol. The number of nitrogens with zero attached hydrogens (tertiary/aromatic N) is 3. The first-order valence-corrected chi connectivity index (χ1v) is 12.7. The van der Waals surface area contributed by atoms with Gasteiger partial charge in [-0.15, -0.1) is 11.3 Å². The van der Waals surface area contributed by atoms with E-state index >= 15 is 0 Å². The molecule has 1 aromatic heterocycles. The van der Waals surface area contributed by atoms with Crippen LogP contribution in [0.2, 0.25) is 0 Å². The van der Waals surface area contributed by atoms with Gasteiger partial charge in [-0.25, -0.2) is 18.2 Å². The average Bonchev–Trinajstić information content (AvgIpc) is 3.18. The molecule has 0 radical (unpaired) electrons. The van der Waals surface area contributed by atoms with Gasteiger partial charge in [-0.2, -0.15) is 4.31 Å². The van der Waals surface area contributed by atoms with Crippen molar-refractivity contribution in [2.24, 2.45) is 0 Å². The summed E-state index contributed by atoms with van der Waals surface area (Å²) in [5.74, 6) is -0.331. The highest BCUT2D eigenvalue weighted by atomic mass is 32.2. The largest absolute Gasteiger partial charge is 0.450 e. The van der Waals surface area contributed by atoms with Gasteiger partial charge in [0.1, 0.15) is 0 Å². The molecule has 1 aliphatic heterocycles. The molecule has 174 valence electrons. The number of carbonyl (C=O) groups excluding carboxylic acids is 2. The molecule has 0 saturated carbocycles. The van der Waals surface area contributed by atoms with E-state index in [-0.39, 0.29) is 43.6 Å². The first kappa shape index (κ1) is 23.1. The van der Waals surface area contributed by atoms with E-state index in [0.29, 0.717) is 11.3 Å². The lowest BCUT2D eigenvalue weighted by Crippen LogP contribution is -2.50. The fourth-order valence-electron chi connectivity index (χ4n) is 3.57. The molecule has 3 aromatic rings. The van der Waals surface area contributed by atoms with Gasteiger partial charge in [-0.3, -0.25) is 4.79 Å². The lowest BCUT2D eigenvalue weighted by molar-refractivity contribution is 0.0933. The molecule has 33 heavy (non-hydrogen) atoms. The number of hydrogen-bond donors (Lipinski definition) is 1. The highest BCUT2D eigenvalue weighted by molar-refractivity contribution is 7.89. The Morgan fingerprint density at radius 3 is 2.45 bits per heavy atom. The number of rotatable bonds is 5. The lowest BCUT2D eigenvalue weighted by atomic mass is 10.2. The van der Waals surface area contributed by atoms with Crippen molar-refractivity contribution >= 4 is 49.3 Å². The number of nitrogens with one attached hydrogen (secondary N) is 1. The summed E-state index contributed by atoms with van der Waals surface area (Å²) < 4.78 is 33.2. The number of sulfonamides is 1. The van der Waals surface area contributed by atoms with Crippen LogP contribution in [0.25, 0.3) is 10.2 Å². The smallest absolute Gasteiger partial charge is 0.409 e. The van der Waals surface area contributed by atoms with Crippen molar-refractivity contribution in [3.8, 4) is 0 Å². The zero-order valence-corrected chi connectivity index (χ0v) is 19.9. The van der Waals surface area contributed by atoms with Crippen LogP contribution in [0.15, 0.2) is 47.4 Å². The van der Waals surface area contributed by atoms with Crippen LogP contribution in [0.1, 0.15) is 22.3 Å². The molecule has 1 N–H and O–H groups in total. The topological polar surface area (TPSA) is 109 Å². The fraction of sp³-hybridized carbons (Fsp3) is 0.318. The lowest BCUT2D eigenvalue weighted by Gasteiger charge is -2.33. The molecule has 0 aliphatic carbocycles. The molecule has 2 heterocycles. The maximum absolute atomic E-state index is 13.0. The second-order valence-corrected chi connectivity index (χ2v) is 10.7. The van der Waals surface area contributed by atoms with Crippen LogP contribution < -0.4 is 5.32 Å². The Morgan fingerprint density at radius 2 is 1.79 bits per heavy atom. The van der Waals surface area contributed by atoms with Crippen LogP contribution in [-0.2, 0) is 14.8 Å². The summed E-state index contributed by atoms with van der Waals surface area (Å²) in [5, 5.41) is 3.79. The molecule has 0 unspecified atom stereocenters. The standard InChI is InChI=1S/C22H24N4O5S2/c1-3-31-22(28)25-10-12-26(13-11-25)33(29,30)18-7-4-16(5-8-18)21(27)24-17-6-9-19-20(14-17)32-15(2)23-19/h4-9,14H,3,10-13H2,1-2H3,(H,24,27). The van der Waals surface area contributed by atoms with Crippen molar-refractivity contribution < 1.29 is 22.7 Å². The van der Waals surface area contributed by atoms with Gasteiger partial charge in [0.2, 0.25) is 10.0 Å². The Bertz CT molecular complexity index is 1280. The van der Waals surface area contributed by atoms with Crippen molar-refractivity contribution in [3.05, 3.63) is 53.0 Å². The minimum atomic E-state index is -3.73. The number of piperazine rings is 1. The molecule has 0 spiro atoms. The first-order valence-electron chi connectivity index (χ1n) is 10.5. The number of benzene rings is 2. The molecular weight excluding hydrogens is 464 g/mol. The third-order valence-corrected chi connectivity index (χ3v) is 8.12. The number of fused-ring (bicyclic) bond motifs is 1. The maximum Gasteiger partial charge on any atom is 0.409 e. The zero-order chi connectivity index (χ0) is 23.6. The molecule has 1 saturated heterocycles. The second-order valence-electron chi connectivity index (χ2n) is 7.48. The molecule has 4 rings (SSSR count). The number of aryl methyl sites for hydroxylation is 1. The number of ether oxygens (including phenoxy) is 1. The minimum absolute atomic E-state index is 0.102. The maximum atomic E-state index is 13.0. The van der Waals surface area contributed by atoms with E-state index < -0.39 is 16.1 Å². The fourth-order valence-corrected chi connectivity index (χ4v) is 5.86. The van der Waals surface area contributed by atoms with E-state index in [2.05, 4.69) is 10.3 Å². The van der Waals surface area contributed by atoms with E-state index in [1.807, 2.05) is 19.1 Å². The molecule has 9 nitrogen and oxygen atoms in total. The second kappa shape index (κ2) is 9.46. The quantitative estimate of drug-likeness (QED) is 0.590. The predicted octanol–water partition coefficient (Wildman–Crippen LogP) is 3.32. The van der Waals surface area contributed by atoms with Gasteiger partial charge in [0.25, 0.3) is 5.91 Å². The van der Waals surface area contributed by atoms with Crippen LogP contribution >= 0.6 is 11.3 Å². The SMILES string of the molecule is CCOC(=O)N1CCN(S(=O)(=O)c2ccc(C(=O)Nc3ccc4nc(C)sc4c3)cc2)CC1. The molecule has 1 aliphatic rings. The summed E-state index contributed by atoms with van der Waals surface area (Å²) in [6.45, 7) is 4.83. The molecule has 2 aromatic carbocycles. The van der Waals surface area contributed by atoms with Crippen molar-refractivity contribution in [1.29, 1.82) is 0 Å². The number of aromatic nitrogens is 1. The summed E-state index contributed by atoms with van der Waals surface area (Å²) >= 11 is 1.55. The number of thiazole rings is 1. The Kier molecular flexibility index (Phi) is 6.63. The molecule has 11 heteroatoms. The van der Waals surface area contributed by atoms with Crippen molar-refractivity contribution in [1.82, 2.24) is 14.2 Å². The molecule has 2 amide bonds. The van der Waals surface area contributed by atoms with Gasteiger partial charge in [0.15, 0.2) is 0 Å². The summed E-state index contributed by atoms with van der Waals surface area (Å²) in [6, 6.07) is 11.3. The molecule has 0 atom stereocenters. The third-order valence-electron chi connectivity index (χ3n) is 5.27. The van der Waals surface area contributed by atoms with E-state index in [1.54, 1.807) is 24.3 Å². The third kappa shape index (κ3) is 5.00. The van der Waals surface area contributed by atoms with Crippen molar-refractivity contribution in [3.63, 3.8) is 0 Å². The number of carbonyl (C=O) groups is 2. The Balaban J connectivity index is 1.41. The first-order chi connectivity index (χ1) is 15.8. The van der Waals surface area contributed by atoms with Gasteiger partial charge < -0.3 is 15.0 Å². The van der Waals surface area contributed by atoms with Gasteiger partial charge in [-0.05, 0) is 56.3 Å². The van der Waals surface area contributed by atoms with Gasteiger partial charge in [-0.1, -0.05) is 0 Å². The predicted molar refractivity (Wildman–Crippen MR) is 126 cm³/mol. The molecule has 0 bridgehead atoms. The Labute approximate surface area is 196 Å². The Hall–Kier alpha value is -3.02. The van der Waals surface area contributed by atoms with E-state index in [1.165, 1.54) is 33.5 Å². The van der Waals surface area contributed by atoms with Crippen LogP contribution in [-0.4, -0.2) is 67.4 Å². The summed E-state index contributed by atoms with van der Waals surface area (Å²) in [4.78, 5) is 30.5. The zero-order valence-electron chi connectivity index (χ0n) is 18.3. The number of amides is 2. The summed E-state index contributed by atoms with van der Waals surface area (Å²) in [6.07, 6.45) is -0.436. The van der Waals surface area contributed by atoms with Crippen LogP contribution in [0.3, 0.4) is 0 Å². The minimum Gasteiger partial charge on any atom is -0.450 e. The van der Waals surface area contributed by atoms with Gasteiger partial charge in [0.05, 0.1) is 26.7 Å². The van der Waals surface area contributed by atoms with E-state index in [4.69, 9.17) is 4.74 Å². The number of anilines is 1. The van der Waals surface area contributed by atoms with Crippen molar-refractivity contribution in [2.75, 3.05) is 38.1 Å².